The molecule has 6 nitrogen and oxygen atoms in total. The third-order valence-electron chi connectivity index (χ3n) is 5.56. The minimum Gasteiger partial charge on any atom is -0.489 e. The Bertz CT molecular complexity index is 1030. The fourth-order valence-corrected chi connectivity index (χ4v) is 3.84. The van der Waals surface area contributed by atoms with Gasteiger partial charge in [-0.2, -0.15) is 0 Å². The van der Waals surface area contributed by atoms with Gasteiger partial charge in [0.1, 0.15) is 18.1 Å². The first kappa shape index (κ1) is 20.0. The summed E-state index contributed by atoms with van der Waals surface area (Å²) in [5.41, 5.74) is 5.51. The molecule has 1 N–H and O–H groups in total. The molecule has 30 heavy (non-hydrogen) atoms. The molecule has 0 spiro atoms. The smallest absolute Gasteiger partial charge is 0.255 e. The third kappa shape index (κ3) is 4.32. The molecular formula is C24H27N3O3. The van der Waals surface area contributed by atoms with Gasteiger partial charge in [0.25, 0.3) is 5.91 Å². The average molecular weight is 405 g/mol. The van der Waals surface area contributed by atoms with Crippen LogP contribution in [0.4, 0.5) is 11.4 Å². The second-order valence-electron chi connectivity index (χ2n) is 7.77. The van der Waals surface area contributed by atoms with Gasteiger partial charge in [-0.3, -0.25) is 4.79 Å². The van der Waals surface area contributed by atoms with E-state index < -0.39 is 0 Å². The highest BCUT2D eigenvalue weighted by Gasteiger charge is 2.15. The van der Waals surface area contributed by atoms with E-state index in [1.165, 1.54) is 24.1 Å². The Morgan fingerprint density at radius 2 is 1.93 bits per heavy atom. The monoisotopic (exact) mass is 405 g/mol. The number of ether oxygens (including phenoxy) is 1. The van der Waals surface area contributed by atoms with Gasteiger partial charge in [-0.15, -0.1) is 0 Å². The van der Waals surface area contributed by atoms with Gasteiger partial charge in [-0.05, 0) is 75.6 Å². The van der Waals surface area contributed by atoms with Crippen LogP contribution in [-0.2, 0) is 6.61 Å². The summed E-state index contributed by atoms with van der Waals surface area (Å²) < 4.78 is 11.0. The van der Waals surface area contributed by atoms with Crippen LogP contribution in [0, 0.1) is 20.8 Å². The zero-order valence-electron chi connectivity index (χ0n) is 17.7. The van der Waals surface area contributed by atoms with Crippen LogP contribution in [0.5, 0.6) is 5.75 Å². The van der Waals surface area contributed by atoms with Gasteiger partial charge in [-0.1, -0.05) is 11.2 Å². The van der Waals surface area contributed by atoms with Crippen LogP contribution < -0.4 is 15.0 Å². The van der Waals surface area contributed by atoms with Crippen LogP contribution in [0.3, 0.4) is 0 Å². The molecular weight excluding hydrogens is 378 g/mol. The molecule has 1 saturated heterocycles. The van der Waals surface area contributed by atoms with E-state index in [0.717, 1.165) is 35.8 Å². The second-order valence-corrected chi connectivity index (χ2v) is 7.77. The SMILES string of the molecule is Cc1cc(NC(=O)c2cccc(OCc3c(C)noc3C)c2)ccc1N1CCCC1. The van der Waals surface area contributed by atoms with Crippen molar-refractivity contribution in [1.29, 1.82) is 0 Å². The van der Waals surface area contributed by atoms with Crippen molar-refractivity contribution in [2.24, 2.45) is 0 Å². The van der Waals surface area contributed by atoms with E-state index in [4.69, 9.17) is 9.26 Å². The van der Waals surface area contributed by atoms with Crippen molar-refractivity contribution in [2.75, 3.05) is 23.3 Å². The van der Waals surface area contributed by atoms with Gasteiger partial charge in [0.05, 0.1) is 11.3 Å². The van der Waals surface area contributed by atoms with Gasteiger partial charge >= 0.3 is 0 Å². The molecule has 1 aliphatic rings. The Kier molecular flexibility index (Phi) is 5.74. The molecule has 1 amide bonds. The average Bonchev–Trinajstić information content (AvgIpc) is 3.37. The number of hydrogen-bond acceptors (Lipinski definition) is 5. The largest absolute Gasteiger partial charge is 0.489 e. The number of rotatable bonds is 6. The number of amides is 1. The fourth-order valence-electron chi connectivity index (χ4n) is 3.84. The Morgan fingerprint density at radius 1 is 1.13 bits per heavy atom. The molecule has 3 aromatic rings. The molecule has 156 valence electrons. The van der Waals surface area contributed by atoms with Gasteiger partial charge < -0.3 is 19.5 Å². The summed E-state index contributed by atoms with van der Waals surface area (Å²) in [5.74, 6) is 1.21. The minimum atomic E-state index is -0.161. The first-order valence-corrected chi connectivity index (χ1v) is 10.3. The van der Waals surface area contributed by atoms with E-state index >= 15 is 0 Å². The Morgan fingerprint density at radius 3 is 2.63 bits per heavy atom. The number of aromatic nitrogens is 1. The highest BCUT2D eigenvalue weighted by Crippen LogP contribution is 2.27. The van der Waals surface area contributed by atoms with Crippen LogP contribution in [-0.4, -0.2) is 24.2 Å². The molecule has 0 aliphatic carbocycles. The fraction of sp³-hybridized carbons (Fsp3) is 0.333. The van der Waals surface area contributed by atoms with Gasteiger partial charge in [-0.25, -0.2) is 0 Å². The molecule has 2 aromatic carbocycles. The van der Waals surface area contributed by atoms with Gasteiger partial charge in [0.2, 0.25) is 0 Å². The van der Waals surface area contributed by atoms with E-state index in [2.05, 4.69) is 28.4 Å². The number of aryl methyl sites for hydroxylation is 3. The predicted octanol–water partition coefficient (Wildman–Crippen LogP) is 5.03. The highest BCUT2D eigenvalue weighted by molar-refractivity contribution is 6.04. The first-order chi connectivity index (χ1) is 14.5. The van der Waals surface area contributed by atoms with Gasteiger partial charge in [0.15, 0.2) is 0 Å². The summed E-state index contributed by atoms with van der Waals surface area (Å²) in [5, 5.41) is 6.93. The summed E-state index contributed by atoms with van der Waals surface area (Å²) in [6.45, 7) is 8.39. The molecule has 0 radical (unpaired) electrons. The second kappa shape index (κ2) is 8.61. The lowest BCUT2D eigenvalue weighted by molar-refractivity contribution is 0.102. The number of carbonyl (C=O) groups excluding carboxylic acids is 1. The number of benzene rings is 2. The molecule has 0 atom stereocenters. The summed E-state index contributed by atoms with van der Waals surface area (Å²) in [7, 11) is 0. The highest BCUT2D eigenvalue weighted by atomic mass is 16.5. The Labute approximate surface area is 176 Å². The molecule has 2 heterocycles. The molecule has 0 unspecified atom stereocenters. The van der Waals surface area contributed by atoms with Crippen molar-refractivity contribution >= 4 is 17.3 Å². The maximum absolute atomic E-state index is 12.8. The molecule has 1 aromatic heterocycles. The first-order valence-electron chi connectivity index (χ1n) is 10.3. The van der Waals surface area contributed by atoms with Crippen molar-refractivity contribution in [1.82, 2.24) is 5.16 Å². The maximum Gasteiger partial charge on any atom is 0.255 e. The van der Waals surface area contributed by atoms with E-state index in [0.29, 0.717) is 17.9 Å². The van der Waals surface area contributed by atoms with E-state index in [1.807, 2.05) is 38.1 Å². The summed E-state index contributed by atoms with van der Waals surface area (Å²) >= 11 is 0. The van der Waals surface area contributed by atoms with Crippen molar-refractivity contribution in [3.05, 3.63) is 70.6 Å². The zero-order valence-corrected chi connectivity index (χ0v) is 17.7. The standard InChI is InChI=1S/C24H27N3O3/c1-16-13-20(9-10-23(16)27-11-4-5-12-27)25-24(28)19-7-6-8-21(14-19)29-15-22-17(2)26-30-18(22)3/h6-10,13-14H,4-5,11-12,15H2,1-3H3,(H,25,28). The van der Waals surface area contributed by atoms with Crippen molar-refractivity contribution in [3.8, 4) is 5.75 Å². The number of anilines is 2. The van der Waals surface area contributed by atoms with Crippen LogP contribution in [0.15, 0.2) is 47.0 Å². The maximum atomic E-state index is 12.8. The molecule has 0 saturated carbocycles. The van der Waals surface area contributed by atoms with Crippen molar-refractivity contribution in [2.45, 2.75) is 40.2 Å². The van der Waals surface area contributed by atoms with Crippen LogP contribution in [0.1, 0.15) is 45.8 Å². The normalized spacial score (nSPS) is 13.5. The molecule has 6 heteroatoms. The van der Waals surface area contributed by atoms with Crippen LogP contribution >= 0.6 is 0 Å². The number of carbonyl (C=O) groups is 1. The lowest BCUT2D eigenvalue weighted by Crippen LogP contribution is -2.19. The number of hydrogen-bond donors (Lipinski definition) is 1. The van der Waals surface area contributed by atoms with E-state index in [9.17, 15) is 4.79 Å². The lowest BCUT2D eigenvalue weighted by Gasteiger charge is -2.20. The Hall–Kier alpha value is -3.28. The predicted molar refractivity (Wildman–Crippen MR) is 117 cm³/mol. The molecule has 1 fully saturated rings. The van der Waals surface area contributed by atoms with Crippen LogP contribution in [0.25, 0.3) is 0 Å². The molecule has 1 aliphatic heterocycles. The van der Waals surface area contributed by atoms with Crippen LogP contribution in [0.2, 0.25) is 0 Å². The number of nitrogens with one attached hydrogen (secondary N) is 1. The van der Waals surface area contributed by atoms with Gasteiger partial charge in [0, 0.05) is 30.0 Å². The Balaban J connectivity index is 1.42. The zero-order chi connectivity index (χ0) is 21.1. The number of nitrogens with zero attached hydrogens (tertiary/aromatic N) is 2. The van der Waals surface area contributed by atoms with Crippen molar-refractivity contribution < 1.29 is 14.1 Å². The third-order valence-corrected chi connectivity index (χ3v) is 5.56. The summed E-state index contributed by atoms with van der Waals surface area (Å²) in [6.07, 6.45) is 2.49. The summed E-state index contributed by atoms with van der Waals surface area (Å²) in [6, 6.07) is 13.3. The molecule has 4 rings (SSSR count). The lowest BCUT2D eigenvalue weighted by atomic mass is 10.1. The topological polar surface area (TPSA) is 67.6 Å². The quantitative estimate of drug-likeness (QED) is 0.623. The van der Waals surface area contributed by atoms with Crippen molar-refractivity contribution in [3.63, 3.8) is 0 Å². The summed E-state index contributed by atoms with van der Waals surface area (Å²) in [4.78, 5) is 15.2. The minimum absolute atomic E-state index is 0.161. The van der Waals surface area contributed by atoms with E-state index in [1.54, 1.807) is 12.1 Å². The van der Waals surface area contributed by atoms with E-state index in [-0.39, 0.29) is 5.91 Å². The molecule has 0 bridgehead atoms.